The molecular weight excluding hydrogens is 279 g/mol. The summed E-state index contributed by atoms with van der Waals surface area (Å²) in [6, 6.07) is 2.71. The van der Waals surface area contributed by atoms with Gasteiger partial charge in [0.25, 0.3) is 20.6 Å². The number of halogens is 2. The van der Waals surface area contributed by atoms with E-state index in [1.54, 1.807) is 0 Å². The lowest BCUT2D eigenvalue weighted by Gasteiger charge is -2.03. The van der Waals surface area contributed by atoms with Crippen molar-refractivity contribution in [3.05, 3.63) is 29.3 Å². The minimum Gasteiger partial charge on any atom is -0.282 e. The molecule has 0 fully saturated rings. The third kappa shape index (κ3) is 2.79. The third-order valence-electron chi connectivity index (χ3n) is 1.71. The van der Waals surface area contributed by atoms with Crippen LogP contribution in [0.3, 0.4) is 0 Å². The van der Waals surface area contributed by atoms with Gasteiger partial charge < -0.3 is 0 Å². The lowest BCUT2D eigenvalue weighted by atomic mass is 10.1. The maximum atomic E-state index is 10.9. The lowest BCUT2D eigenvalue weighted by Crippen LogP contribution is -2.05. The van der Waals surface area contributed by atoms with Crippen molar-refractivity contribution in [2.24, 2.45) is 0 Å². The Morgan fingerprint density at radius 2 is 1.56 bits per heavy atom. The average molecular weight is 283 g/mol. The predicted octanol–water partition coefficient (Wildman–Crippen LogP) is 1.69. The smallest absolute Gasteiger partial charge is 0.282 e. The number of hydrogen-bond acceptors (Lipinski definition) is 4. The molecule has 0 unspecified atom stereocenters. The van der Waals surface area contributed by atoms with Gasteiger partial charge >= 0.3 is 0 Å². The Bertz CT molecular complexity index is 564. The minimum atomic E-state index is -4.47. The summed E-state index contributed by atoms with van der Waals surface area (Å²) in [7, 11) is -4.47. The van der Waals surface area contributed by atoms with Crippen molar-refractivity contribution in [1.29, 1.82) is 0 Å². The molecule has 1 N–H and O–H groups in total. The van der Waals surface area contributed by atoms with E-state index in [4.69, 9.17) is 27.8 Å². The van der Waals surface area contributed by atoms with E-state index >= 15 is 0 Å². The molecule has 1 aromatic carbocycles. The zero-order chi connectivity index (χ0) is 12.5. The molecule has 0 radical (unpaired) electrons. The topological polar surface area (TPSA) is 88.5 Å². The van der Waals surface area contributed by atoms with E-state index in [-0.39, 0.29) is 11.1 Å². The number of rotatable bonds is 3. The SMILES string of the molecule is O=C(Cl)c1ccc(S(=O)(=O)O)cc1C(=O)Cl. The molecule has 0 aliphatic carbocycles. The van der Waals surface area contributed by atoms with E-state index in [0.29, 0.717) is 0 Å². The van der Waals surface area contributed by atoms with Crippen LogP contribution in [0.2, 0.25) is 0 Å². The Morgan fingerprint density at radius 3 is 1.94 bits per heavy atom. The summed E-state index contributed by atoms with van der Waals surface area (Å²) in [4.78, 5) is 21.3. The van der Waals surface area contributed by atoms with Gasteiger partial charge in [-0.1, -0.05) is 0 Å². The van der Waals surface area contributed by atoms with Crippen molar-refractivity contribution in [1.82, 2.24) is 0 Å². The summed E-state index contributed by atoms with van der Waals surface area (Å²) < 4.78 is 30.3. The van der Waals surface area contributed by atoms with Crippen LogP contribution in [0.25, 0.3) is 0 Å². The predicted molar refractivity (Wildman–Crippen MR) is 56.6 cm³/mol. The highest BCUT2D eigenvalue weighted by Crippen LogP contribution is 2.19. The monoisotopic (exact) mass is 282 g/mol. The van der Waals surface area contributed by atoms with E-state index in [0.717, 1.165) is 18.2 Å². The number of carbonyl (C=O) groups excluding carboxylic acids is 2. The zero-order valence-electron chi connectivity index (χ0n) is 7.48. The molecular formula is C8H4Cl2O5S. The van der Waals surface area contributed by atoms with Crippen molar-refractivity contribution in [3.8, 4) is 0 Å². The third-order valence-corrected chi connectivity index (χ3v) is 2.97. The van der Waals surface area contributed by atoms with Crippen LogP contribution < -0.4 is 0 Å². The Kier molecular flexibility index (Phi) is 3.69. The Balaban J connectivity index is 3.52. The second kappa shape index (κ2) is 4.50. The summed E-state index contributed by atoms with van der Waals surface area (Å²) in [5, 5.41) is -2.00. The van der Waals surface area contributed by atoms with Crippen molar-refractivity contribution < 1.29 is 22.6 Å². The average Bonchev–Trinajstić information content (AvgIpc) is 2.15. The molecule has 0 atom stereocenters. The first-order chi connectivity index (χ1) is 7.23. The minimum absolute atomic E-state index is 0.228. The van der Waals surface area contributed by atoms with Crippen LogP contribution in [0, 0.1) is 0 Å². The largest absolute Gasteiger partial charge is 0.294 e. The van der Waals surface area contributed by atoms with Crippen LogP contribution in [0.4, 0.5) is 0 Å². The molecule has 16 heavy (non-hydrogen) atoms. The highest BCUT2D eigenvalue weighted by atomic mass is 35.5. The van der Waals surface area contributed by atoms with Gasteiger partial charge in [-0.15, -0.1) is 0 Å². The highest BCUT2D eigenvalue weighted by molar-refractivity contribution is 7.85. The first-order valence-corrected chi connectivity index (χ1v) is 5.94. The van der Waals surface area contributed by atoms with Gasteiger partial charge in [-0.05, 0) is 41.4 Å². The van der Waals surface area contributed by atoms with E-state index in [9.17, 15) is 18.0 Å². The molecule has 1 rings (SSSR count). The number of benzene rings is 1. The van der Waals surface area contributed by atoms with Gasteiger partial charge in [0, 0.05) is 11.1 Å². The van der Waals surface area contributed by atoms with Crippen molar-refractivity contribution in [3.63, 3.8) is 0 Å². The molecule has 0 aliphatic heterocycles. The highest BCUT2D eigenvalue weighted by Gasteiger charge is 2.18. The Labute approximate surface area is 101 Å². The molecule has 0 saturated carbocycles. The van der Waals surface area contributed by atoms with Crippen molar-refractivity contribution >= 4 is 43.8 Å². The van der Waals surface area contributed by atoms with E-state index in [1.165, 1.54) is 0 Å². The molecule has 0 aliphatic rings. The van der Waals surface area contributed by atoms with Crippen LogP contribution in [-0.2, 0) is 10.1 Å². The fraction of sp³-hybridized carbons (Fsp3) is 0. The zero-order valence-corrected chi connectivity index (χ0v) is 9.80. The van der Waals surface area contributed by atoms with Crippen molar-refractivity contribution in [2.75, 3.05) is 0 Å². The maximum Gasteiger partial charge on any atom is 0.294 e. The van der Waals surface area contributed by atoms with Gasteiger partial charge in [-0.25, -0.2) is 0 Å². The van der Waals surface area contributed by atoms with Crippen LogP contribution in [0.15, 0.2) is 23.1 Å². The van der Waals surface area contributed by atoms with E-state index < -0.39 is 25.5 Å². The summed E-state index contributed by atoms with van der Waals surface area (Å²) in [5.74, 6) is 0. The molecule has 5 nitrogen and oxygen atoms in total. The van der Waals surface area contributed by atoms with Gasteiger partial charge in [0.15, 0.2) is 0 Å². The Hall–Kier alpha value is -0.950. The molecule has 0 aromatic heterocycles. The standard InChI is InChI=1S/C8H4Cl2O5S/c9-7(11)5-2-1-4(16(13,14)15)3-6(5)8(10)12/h1-3H,(H,13,14,15). The van der Waals surface area contributed by atoms with Gasteiger partial charge in [0.05, 0.1) is 4.90 Å². The summed E-state index contributed by atoms with van der Waals surface area (Å²) in [6.07, 6.45) is 0. The second-order valence-corrected chi connectivity index (χ2v) is 4.84. The molecule has 0 amide bonds. The lowest BCUT2D eigenvalue weighted by molar-refractivity contribution is 0.105. The molecule has 0 bridgehead atoms. The summed E-state index contributed by atoms with van der Waals surface area (Å²) in [5.41, 5.74) is -0.606. The fourth-order valence-corrected chi connectivity index (χ4v) is 1.85. The van der Waals surface area contributed by atoms with Crippen LogP contribution in [0.1, 0.15) is 20.7 Å². The maximum absolute atomic E-state index is 10.9. The van der Waals surface area contributed by atoms with Gasteiger partial charge in [-0.3, -0.25) is 14.1 Å². The second-order valence-electron chi connectivity index (χ2n) is 2.73. The van der Waals surface area contributed by atoms with Crippen LogP contribution in [-0.4, -0.2) is 23.5 Å². The van der Waals surface area contributed by atoms with Gasteiger partial charge in [-0.2, -0.15) is 8.42 Å². The van der Waals surface area contributed by atoms with E-state index in [1.807, 2.05) is 0 Å². The number of hydrogen-bond donors (Lipinski definition) is 1. The number of carbonyl (C=O) groups is 2. The normalized spacial score (nSPS) is 11.2. The van der Waals surface area contributed by atoms with Gasteiger partial charge in [0.2, 0.25) is 0 Å². The first kappa shape index (κ1) is 13.1. The molecule has 1 aromatic rings. The summed E-state index contributed by atoms with van der Waals surface area (Å²) in [6.45, 7) is 0. The molecule has 8 heteroatoms. The van der Waals surface area contributed by atoms with Crippen molar-refractivity contribution in [2.45, 2.75) is 4.90 Å². The van der Waals surface area contributed by atoms with E-state index in [2.05, 4.69) is 0 Å². The molecule has 0 heterocycles. The van der Waals surface area contributed by atoms with Crippen LogP contribution >= 0.6 is 23.2 Å². The van der Waals surface area contributed by atoms with Gasteiger partial charge in [0.1, 0.15) is 0 Å². The van der Waals surface area contributed by atoms with Crippen LogP contribution in [0.5, 0.6) is 0 Å². The molecule has 86 valence electrons. The molecule has 0 saturated heterocycles. The Morgan fingerprint density at radius 1 is 1.06 bits per heavy atom. The summed E-state index contributed by atoms with van der Waals surface area (Å²) >= 11 is 10.3. The molecule has 0 spiro atoms. The fourth-order valence-electron chi connectivity index (χ4n) is 1.02. The first-order valence-electron chi connectivity index (χ1n) is 3.74. The quantitative estimate of drug-likeness (QED) is 0.673.